The van der Waals surface area contributed by atoms with Crippen LogP contribution in [0.25, 0.3) is 11.4 Å². The third-order valence-electron chi connectivity index (χ3n) is 4.45. The highest BCUT2D eigenvalue weighted by Gasteiger charge is 2.19. The highest BCUT2D eigenvalue weighted by atomic mass is 16.5. The number of esters is 1. The summed E-state index contributed by atoms with van der Waals surface area (Å²) in [6.07, 6.45) is 3.90. The Morgan fingerprint density at radius 2 is 1.79 bits per heavy atom. The van der Waals surface area contributed by atoms with E-state index in [1.165, 1.54) is 7.11 Å². The van der Waals surface area contributed by atoms with Gasteiger partial charge < -0.3 is 9.30 Å². The predicted octanol–water partition coefficient (Wildman–Crippen LogP) is 1.34. The molecule has 24 heavy (non-hydrogen) atoms. The van der Waals surface area contributed by atoms with E-state index >= 15 is 0 Å². The van der Waals surface area contributed by atoms with Crippen LogP contribution in [0.15, 0.2) is 42.7 Å². The SMILES string of the molecule is COC(=O)CN1CCN(CCn2ccnc2-c2ccccc2)CC1. The van der Waals surface area contributed by atoms with Crippen LogP contribution in [-0.4, -0.2) is 71.7 Å². The maximum absolute atomic E-state index is 11.3. The number of nitrogens with zero attached hydrogens (tertiary/aromatic N) is 4. The van der Waals surface area contributed by atoms with Crippen molar-refractivity contribution in [2.24, 2.45) is 0 Å². The Hall–Kier alpha value is -2.18. The van der Waals surface area contributed by atoms with Gasteiger partial charge in [0.05, 0.1) is 13.7 Å². The average Bonchev–Trinajstić information content (AvgIpc) is 3.10. The van der Waals surface area contributed by atoms with Crippen molar-refractivity contribution in [2.75, 3.05) is 46.4 Å². The molecular weight excluding hydrogens is 304 g/mol. The van der Waals surface area contributed by atoms with E-state index in [-0.39, 0.29) is 5.97 Å². The van der Waals surface area contributed by atoms with Gasteiger partial charge in [-0.1, -0.05) is 30.3 Å². The zero-order chi connectivity index (χ0) is 16.8. The lowest BCUT2D eigenvalue weighted by Gasteiger charge is -2.34. The number of hydrogen-bond acceptors (Lipinski definition) is 5. The van der Waals surface area contributed by atoms with Gasteiger partial charge in [0.25, 0.3) is 0 Å². The van der Waals surface area contributed by atoms with Gasteiger partial charge in [0, 0.05) is 57.2 Å². The van der Waals surface area contributed by atoms with Crippen LogP contribution < -0.4 is 0 Å². The first-order valence-corrected chi connectivity index (χ1v) is 8.34. The topological polar surface area (TPSA) is 50.6 Å². The number of piperazine rings is 1. The minimum Gasteiger partial charge on any atom is -0.468 e. The van der Waals surface area contributed by atoms with Crippen molar-refractivity contribution in [1.29, 1.82) is 0 Å². The van der Waals surface area contributed by atoms with Crippen molar-refractivity contribution in [3.8, 4) is 11.4 Å². The van der Waals surface area contributed by atoms with Crippen LogP contribution in [0.1, 0.15) is 0 Å². The molecule has 1 saturated heterocycles. The van der Waals surface area contributed by atoms with Crippen molar-refractivity contribution in [1.82, 2.24) is 19.4 Å². The second kappa shape index (κ2) is 8.08. The normalized spacial score (nSPS) is 16.2. The third-order valence-corrected chi connectivity index (χ3v) is 4.45. The molecule has 0 unspecified atom stereocenters. The molecule has 1 aromatic heterocycles. The monoisotopic (exact) mass is 328 g/mol. The Balaban J connectivity index is 1.50. The summed E-state index contributed by atoms with van der Waals surface area (Å²) in [6.45, 7) is 6.07. The van der Waals surface area contributed by atoms with Crippen LogP contribution in [0, 0.1) is 0 Å². The van der Waals surface area contributed by atoms with Crippen LogP contribution in [0.5, 0.6) is 0 Å². The molecule has 3 rings (SSSR count). The van der Waals surface area contributed by atoms with Crippen molar-refractivity contribution in [2.45, 2.75) is 6.54 Å². The molecule has 6 nitrogen and oxygen atoms in total. The molecule has 2 aromatic rings. The molecule has 0 spiro atoms. The van der Waals surface area contributed by atoms with E-state index in [2.05, 4.69) is 31.5 Å². The van der Waals surface area contributed by atoms with Crippen molar-refractivity contribution in [3.05, 3.63) is 42.7 Å². The highest BCUT2D eigenvalue weighted by Crippen LogP contribution is 2.16. The van der Waals surface area contributed by atoms with E-state index in [1.807, 2.05) is 30.6 Å². The zero-order valence-electron chi connectivity index (χ0n) is 14.1. The summed E-state index contributed by atoms with van der Waals surface area (Å²) < 4.78 is 6.93. The molecule has 1 aromatic carbocycles. The minimum atomic E-state index is -0.158. The standard InChI is InChI=1S/C18H24N4O2/c1-24-17(23)15-21-11-9-20(10-12-21)13-14-22-8-7-19-18(22)16-5-3-2-4-6-16/h2-8H,9-15H2,1H3. The number of carbonyl (C=O) groups is 1. The molecule has 0 aliphatic carbocycles. The summed E-state index contributed by atoms with van der Waals surface area (Å²) in [5.74, 6) is 0.856. The van der Waals surface area contributed by atoms with Gasteiger partial charge in [-0.05, 0) is 0 Å². The van der Waals surface area contributed by atoms with Crippen molar-refractivity contribution >= 4 is 5.97 Å². The number of methoxy groups -OCH3 is 1. The zero-order valence-corrected chi connectivity index (χ0v) is 14.1. The average molecular weight is 328 g/mol. The summed E-state index contributed by atoms with van der Waals surface area (Å²) in [7, 11) is 1.44. The van der Waals surface area contributed by atoms with Crippen molar-refractivity contribution in [3.63, 3.8) is 0 Å². The van der Waals surface area contributed by atoms with Gasteiger partial charge in [-0.25, -0.2) is 4.98 Å². The Labute approximate surface area is 142 Å². The molecule has 0 atom stereocenters. The predicted molar refractivity (Wildman–Crippen MR) is 92.6 cm³/mol. The smallest absolute Gasteiger partial charge is 0.319 e. The summed E-state index contributed by atoms with van der Waals surface area (Å²) in [5.41, 5.74) is 1.14. The van der Waals surface area contributed by atoms with E-state index < -0.39 is 0 Å². The maximum Gasteiger partial charge on any atom is 0.319 e. The lowest BCUT2D eigenvalue weighted by Crippen LogP contribution is -2.48. The second-order valence-electron chi connectivity index (χ2n) is 6.00. The molecule has 6 heteroatoms. The van der Waals surface area contributed by atoms with E-state index in [0.29, 0.717) is 6.54 Å². The van der Waals surface area contributed by atoms with E-state index in [0.717, 1.165) is 50.7 Å². The summed E-state index contributed by atoms with van der Waals surface area (Å²) in [5, 5.41) is 0. The van der Waals surface area contributed by atoms with Gasteiger partial charge in [-0.3, -0.25) is 14.6 Å². The maximum atomic E-state index is 11.3. The molecule has 0 saturated carbocycles. The number of rotatable bonds is 6. The van der Waals surface area contributed by atoms with Crippen LogP contribution in [0.3, 0.4) is 0 Å². The van der Waals surface area contributed by atoms with Gasteiger partial charge in [-0.15, -0.1) is 0 Å². The molecule has 1 aliphatic heterocycles. The van der Waals surface area contributed by atoms with Gasteiger partial charge in [0.2, 0.25) is 0 Å². The highest BCUT2D eigenvalue weighted by molar-refractivity contribution is 5.71. The first kappa shape index (κ1) is 16.7. The molecule has 2 heterocycles. The van der Waals surface area contributed by atoms with Crippen LogP contribution in [-0.2, 0) is 16.1 Å². The lowest BCUT2D eigenvalue weighted by molar-refractivity contribution is -0.142. The molecular formula is C18H24N4O2. The number of aromatic nitrogens is 2. The van der Waals surface area contributed by atoms with Crippen LogP contribution in [0.4, 0.5) is 0 Å². The van der Waals surface area contributed by atoms with Gasteiger partial charge in [0.1, 0.15) is 5.82 Å². The first-order valence-electron chi connectivity index (χ1n) is 8.34. The van der Waals surface area contributed by atoms with Crippen molar-refractivity contribution < 1.29 is 9.53 Å². The largest absolute Gasteiger partial charge is 0.468 e. The second-order valence-corrected chi connectivity index (χ2v) is 6.00. The molecule has 0 N–H and O–H groups in total. The van der Waals surface area contributed by atoms with E-state index in [9.17, 15) is 4.79 Å². The third kappa shape index (κ3) is 4.21. The Morgan fingerprint density at radius 1 is 1.08 bits per heavy atom. The van der Waals surface area contributed by atoms with E-state index in [1.54, 1.807) is 0 Å². The molecule has 0 amide bonds. The van der Waals surface area contributed by atoms with Gasteiger partial charge >= 0.3 is 5.97 Å². The Morgan fingerprint density at radius 3 is 2.50 bits per heavy atom. The number of benzene rings is 1. The number of imidazole rings is 1. The van der Waals surface area contributed by atoms with E-state index in [4.69, 9.17) is 4.74 Å². The fourth-order valence-electron chi connectivity index (χ4n) is 3.00. The number of hydrogen-bond donors (Lipinski definition) is 0. The summed E-state index contributed by atoms with van der Waals surface area (Å²) >= 11 is 0. The molecule has 0 radical (unpaired) electrons. The molecule has 128 valence electrons. The number of ether oxygens (including phenoxy) is 1. The number of carbonyl (C=O) groups excluding carboxylic acids is 1. The molecule has 1 aliphatic rings. The van der Waals surface area contributed by atoms with Crippen LogP contribution >= 0.6 is 0 Å². The fourth-order valence-corrected chi connectivity index (χ4v) is 3.00. The first-order chi connectivity index (χ1) is 11.8. The summed E-state index contributed by atoms with van der Waals surface area (Å²) in [4.78, 5) is 20.4. The Kier molecular flexibility index (Phi) is 5.61. The quantitative estimate of drug-likeness (QED) is 0.749. The molecule has 1 fully saturated rings. The van der Waals surface area contributed by atoms with Gasteiger partial charge in [-0.2, -0.15) is 0 Å². The molecule has 0 bridgehead atoms. The minimum absolute atomic E-state index is 0.158. The summed E-state index contributed by atoms with van der Waals surface area (Å²) in [6, 6.07) is 10.3. The lowest BCUT2D eigenvalue weighted by atomic mass is 10.2. The van der Waals surface area contributed by atoms with Gasteiger partial charge in [0.15, 0.2) is 0 Å². The Bertz CT molecular complexity index is 648. The van der Waals surface area contributed by atoms with Crippen LogP contribution in [0.2, 0.25) is 0 Å². The fraction of sp³-hybridized carbons (Fsp3) is 0.444.